The molecule has 0 saturated carbocycles. The summed E-state index contributed by atoms with van der Waals surface area (Å²) in [5, 5.41) is 12.2. The molecule has 1 aliphatic rings. The minimum atomic E-state index is -0.768. The molecule has 0 fully saturated rings. The summed E-state index contributed by atoms with van der Waals surface area (Å²) >= 11 is 0. The lowest BCUT2D eigenvalue weighted by Crippen LogP contribution is -2.33. The molecule has 0 aromatic heterocycles. The molecule has 0 radical (unpaired) electrons. The molecule has 1 aliphatic carbocycles. The number of carbonyl (C=O) groups excluding carboxylic acids is 2. The van der Waals surface area contributed by atoms with Crippen LogP contribution in [0.1, 0.15) is 50.3 Å². The van der Waals surface area contributed by atoms with Crippen LogP contribution in [0.3, 0.4) is 0 Å². The minimum absolute atomic E-state index is 0.0292. The van der Waals surface area contributed by atoms with Gasteiger partial charge in [0.25, 0.3) is 0 Å². The van der Waals surface area contributed by atoms with Crippen LogP contribution in [0.5, 0.6) is 0 Å². The average molecular weight is 795 g/mol. The van der Waals surface area contributed by atoms with Gasteiger partial charge in [-0.3, -0.25) is 0 Å². The highest BCUT2D eigenvalue weighted by atomic mass is 16.5. The lowest BCUT2D eigenvalue weighted by atomic mass is 9.74. The van der Waals surface area contributed by atoms with Gasteiger partial charge < -0.3 is 9.47 Å². The Kier molecular flexibility index (Phi) is 9.14. The topological polar surface area (TPSA) is 52.6 Å². The molecule has 4 nitrogen and oxygen atoms in total. The van der Waals surface area contributed by atoms with E-state index in [4.69, 9.17) is 9.47 Å². The van der Waals surface area contributed by atoms with E-state index in [9.17, 15) is 9.59 Å². The molecule has 10 rings (SSSR count). The van der Waals surface area contributed by atoms with Crippen LogP contribution >= 0.6 is 0 Å². The highest BCUT2D eigenvalue weighted by Gasteiger charge is 2.44. The van der Waals surface area contributed by atoms with Crippen LogP contribution in [0.15, 0.2) is 165 Å². The summed E-state index contributed by atoms with van der Waals surface area (Å²) in [5.74, 6) is -0.947. The zero-order valence-electron chi connectivity index (χ0n) is 34.8. The van der Waals surface area contributed by atoms with E-state index >= 15 is 0 Å². The molecule has 1 atom stereocenters. The van der Waals surface area contributed by atoms with E-state index < -0.39 is 17.4 Å². The highest BCUT2D eigenvalue weighted by Crippen LogP contribution is 2.54. The van der Waals surface area contributed by atoms with E-state index in [1.807, 2.05) is 0 Å². The van der Waals surface area contributed by atoms with Crippen LogP contribution < -0.4 is 0 Å². The lowest BCUT2D eigenvalue weighted by Gasteiger charge is -2.32. The standard InChI is InChI=1S/C57H46O4/c1-6-52(58)60-28-12-27-57(34-61-53(59)7-2)50-32-37(43-23-19-35-17-18-39-29-41(56(3,4)5)30-40-22-26-48(43)55(35)54(39)40)20-24-46(50)47-25-21-38(33-51(47)57)49-31-36-13-8-9-14-42(36)44-15-10-11-16-45(44)49/h6-11,13-26,29-33H,1-2,12,27-28,34H2,3-5H3. The summed E-state index contributed by atoms with van der Waals surface area (Å²) in [6, 6.07) is 51.1. The monoisotopic (exact) mass is 794 g/mol. The number of ether oxygens (including phenoxy) is 2. The minimum Gasteiger partial charge on any atom is -0.463 e. The van der Waals surface area contributed by atoms with Gasteiger partial charge in [-0.05, 0) is 140 Å². The SMILES string of the molecule is C=CC(=O)OCCCC1(COC(=O)C=C)c2cc(-c3cc4ccccc4c4ccccc34)ccc2-c2ccc(-c3ccc4ccc5cc(C(C)(C)C)cc6ccc3c4c56)cc21. The van der Waals surface area contributed by atoms with Crippen LogP contribution in [-0.4, -0.2) is 25.2 Å². The predicted octanol–water partition coefficient (Wildman–Crippen LogP) is 14.0. The van der Waals surface area contributed by atoms with Crippen LogP contribution in [0.2, 0.25) is 0 Å². The van der Waals surface area contributed by atoms with Crippen molar-refractivity contribution in [3.8, 4) is 33.4 Å². The summed E-state index contributed by atoms with van der Waals surface area (Å²) in [5.41, 5.74) is 9.36. The zero-order valence-corrected chi connectivity index (χ0v) is 34.8. The number of esters is 2. The van der Waals surface area contributed by atoms with E-state index in [0.717, 1.165) is 44.5 Å². The molecule has 1 unspecified atom stereocenters. The smallest absolute Gasteiger partial charge is 0.330 e. The third-order valence-electron chi connectivity index (χ3n) is 13.0. The summed E-state index contributed by atoms with van der Waals surface area (Å²) in [7, 11) is 0. The fraction of sp³-hybridized carbons (Fsp3) is 0.158. The van der Waals surface area contributed by atoms with Crippen molar-refractivity contribution in [2.24, 2.45) is 0 Å². The first kappa shape index (κ1) is 38.2. The zero-order chi connectivity index (χ0) is 42.0. The second-order valence-corrected chi connectivity index (χ2v) is 17.5. The number of hydrogen-bond acceptors (Lipinski definition) is 4. The Labute approximate surface area is 356 Å². The van der Waals surface area contributed by atoms with Gasteiger partial charge in [-0.2, -0.15) is 0 Å². The van der Waals surface area contributed by atoms with Crippen molar-refractivity contribution in [3.63, 3.8) is 0 Å². The molecule has 0 N–H and O–H groups in total. The molecular formula is C57H46O4. The van der Waals surface area contributed by atoms with Crippen molar-refractivity contribution in [2.75, 3.05) is 13.2 Å². The number of benzene rings is 9. The van der Waals surface area contributed by atoms with E-state index in [1.165, 1.54) is 71.6 Å². The first-order valence-electron chi connectivity index (χ1n) is 21.1. The lowest BCUT2D eigenvalue weighted by molar-refractivity contribution is -0.139. The summed E-state index contributed by atoms with van der Waals surface area (Å²) < 4.78 is 11.7. The van der Waals surface area contributed by atoms with Crippen molar-refractivity contribution in [2.45, 2.75) is 44.4 Å². The fourth-order valence-corrected chi connectivity index (χ4v) is 9.98. The second kappa shape index (κ2) is 14.6. The summed E-state index contributed by atoms with van der Waals surface area (Å²) in [6.45, 7) is 14.4. The quantitative estimate of drug-likeness (QED) is 0.0599. The number of hydrogen-bond donors (Lipinski definition) is 0. The maximum absolute atomic E-state index is 13.0. The predicted molar refractivity (Wildman–Crippen MR) is 252 cm³/mol. The van der Waals surface area contributed by atoms with Gasteiger partial charge in [-0.15, -0.1) is 0 Å². The normalized spacial score (nSPS) is 14.7. The molecule has 0 heterocycles. The fourth-order valence-electron chi connectivity index (χ4n) is 9.98. The maximum Gasteiger partial charge on any atom is 0.330 e. The van der Waals surface area contributed by atoms with Crippen molar-refractivity contribution in [3.05, 3.63) is 182 Å². The Morgan fingerprint density at radius 1 is 0.541 bits per heavy atom. The Morgan fingerprint density at radius 3 is 1.80 bits per heavy atom. The van der Waals surface area contributed by atoms with Gasteiger partial charge in [0.2, 0.25) is 0 Å². The van der Waals surface area contributed by atoms with Crippen LogP contribution in [-0.2, 0) is 29.9 Å². The molecule has 9 aromatic carbocycles. The number of fused-ring (bicyclic) bond motifs is 6. The van der Waals surface area contributed by atoms with Gasteiger partial charge in [0, 0.05) is 12.2 Å². The Morgan fingerprint density at radius 2 is 1.11 bits per heavy atom. The maximum atomic E-state index is 13.0. The molecule has 9 aromatic rings. The van der Waals surface area contributed by atoms with Gasteiger partial charge in [-0.1, -0.05) is 155 Å². The highest BCUT2D eigenvalue weighted by molar-refractivity contribution is 6.25. The molecule has 0 aliphatic heterocycles. The third kappa shape index (κ3) is 6.28. The number of carbonyl (C=O) groups is 2. The molecule has 0 spiro atoms. The van der Waals surface area contributed by atoms with E-state index in [0.29, 0.717) is 12.8 Å². The van der Waals surface area contributed by atoms with Crippen LogP contribution in [0.25, 0.3) is 87.2 Å². The second-order valence-electron chi connectivity index (χ2n) is 17.5. The van der Waals surface area contributed by atoms with Gasteiger partial charge in [0.15, 0.2) is 0 Å². The summed E-state index contributed by atoms with van der Waals surface area (Å²) in [4.78, 5) is 25.2. The van der Waals surface area contributed by atoms with E-state index in [-0.39, 0.29) is 18.6 Å². The van der Waals surface area contributed by atoms with Crippen LogP contribution in [0.4, 0.5) is 0 Å². The molecule has 0 amide bonds. The van der Waals surface area contributed by atoms with Gasteiger partial charge >= 0.3 is 11.9 Å². The summed E-state index contributed by atoms with van der Waals surface area (Å²) in [6.07, 6.45) is 3.50. The van der Waals surface area contributed by atoms with Crippen LogP contribution in [0, 0.1) is 0 Å². The van der Waals surface area contributed by atoms with Gasteiger partial charge in [0.05, 0.1) is 12.0 Å². The van der Waals surface area contributed by atoms with Crippen molar-refractivity contribution in [1.82, 2.24) is 0 Å². The Hall–Kier alpha value is -7.04. The van der Waals surface area contributed by atoms with Crippen molar-refractivity contribution < 1.29 is 19.1 Å². The molecule has 0 bridgehead atoms. The molecule has 4 heteroatoms. The van der Waals surface area contributed by atoms with Crippen molar-refractivity contribution in [1.29, 1.82) is 0 Å². The third-order valence-corrected chi connectivity index (χ3v) is 13.0. The van der Waals surface area contributed by atoms with Gasteiger partial charge in [-0.25, -0.2) is 9.59 Å². The van der Waals surface area contributed by atoms with E-state index in [2.05, 4.69) is 173 Å². The first-order valence-corrected chi connectivity index (χ1v) is 21.1. The van der Waals surface area contributed by atoms with Gasteiger partial charge in [0.1, 0.15) is 6.61 Å². The average Bonchev–Trinajstić information content (AvgIpc) is 3.55. The molecule has 61 heavy (non-hydrogen) atoms. The Bertz CT molecular complexity index is 3250. The first-order chi connectivity index (χ1) is 29.6. The molecule has 298 valence electrons. The molecular weight excluding hydrogens is 749 g/mol. The number of rotatable bonds is 10. The molecule has 0 saturated heterocycles. The Balaban J connectivity index is 1.17. The largest absolute Gasteiger partial charge is 0.463 e. The van der Waals surface area contributed by atoms with Crippen molar-refractivity contribution >= 4 is 65.8 Å². The van der Waals surface area contributed by atoms with E-state index in [1.54, 1.807) is 0 Å².